The van der Waals surface area contributed by atoms with Gasteiger partial charge in [-0.25, -0.2) is 9.97 Å². The third-order valence-electron chi connectivity index (χ3n) is 4.84. The van der Waals surface area contributed by atoms with Crippen LogP contribution in [-0.2, 0) is 4.74 Å². The summed E-state index contributed by atoms with van der Waals surface area (Å²) in [5, 5.41) is 0. The van der Waals surface area contributed by atoms with Crippen molar-refractivity contribution in [2.45, 2.75) is 53.5 Å². The van der Waals surface area contributed by atoms with Crippen molar-refractivity contribution in [1.29, 1.82) is 0 Å². The van der Waals surface area contributed by atoms with Crippen LogP contribution in [0.1, 0.15) is 55.4 Å². The van der Waals surface area contributed by atoms with Crippen LogP contribution in [0.4, 0.5) is 0 Å². The van der Waals surface area contributed by atoms with Crippen molar-refractivity contribution < 1.29 is 4.74 Å². The molecule has 5 heteroatoms. The molecule has 3 rings (SSSR count). The first-order chi connectivity index (χ1) is 12.3. The molecule has 0 spiro atoms. The molecule has 0 saturated carbocycles. The van der Waals surface area contributed by atoms with E-state index in [0.717, 1.165) is 45.1 Å². The maximum atomic E-state index is 5.31. The zero-order valence-electron chi connectivity index (χ0n) is 16.8. The number of nitrogens with zero attached hydrogens (tertiary/aromatic N) is 4. The second-order valence-corrected chi connectivity index (χ2v) is 7.38. The molecule has 0 amide bonds. The lowest BCUT2D eigenvalue weighted by molar-refractivity contribution is 0.163. The number of hydrogen-bond acceptors (Lipinski definition) is 4. The van der Waals surface area contributed by atoms with Crippen LogP contribution < -0.4 is 0 Å². The molecule has 0 aliphatic carbocycles. The molecule has 1 atom stereocenters. The topological polar surface area (TPSA) is 52.8 Å². The van der Waals surface area contributed by atoms with Crippen LogP contribution >= 0.6 is 0 Å². The van der Waals surface area contributed by atoms with Crippen molar-refractivity contribution in [3.8, 4) is 11.3 Å². The smallest absolute Gasteiger partial charge is 0.159 e. The third kappa shape index (κ3) is 3.23. The molecule has 0 N–H and O–H groups in total. The summed E-state index contributed by atoms with van der Waals surface area (Å²) in [5.74, 6) is 0.413. The molecule has 1 unspecified atom stereocenters. The second-order valence-electron chi connectivity index (χ2n) is 7.38. The van der Waals surface area contributed by atoms with Gasteiger partial charge in [0, 0.05) is 30.3 Å². The summed E-state index contributed by atoms with van der Waals surface area (Å²) in [6.07, 6.45) is 2.12. The van der Waals surface area contributed by atoms with E-state index in [4.69, 9.17) is 19.7 Å². The Morgan fingerprint density at radius 3 is 2.35 bits per heavy atom. The fraction of sp³-hybridized carbons (Fsp3) is 0.476. The zero-order valence-corrected chi connectivity index (χ0v) is 16.8. The molecule has 0 radical (unpaired) electrons. The van der Waals surface area contributed by atoms with E-state index >= 15 is 0 Å². The van der Waals surface area contributed by atoms with Gasteiger partial charge in [0.15, 0.2) is 5.65 Å². The Kier molecular flexibility index (Phi) is 5.10. The maximum Gasteiger partial charge on any atom is 0.159 e. The lowest BCUT2D eigenvalue weighted by Crippen LogP contribution is -2.11. The van der Waals surface area contributed by atoms with Crippen molar-refractivity contribution in [3.63, 3.8) is 0 Å². The zero-order chi connectivity index (χ0) is 19.0. The number of pyridine rings is 1. The highest BCUT2D eigenvalue weighted by Crippen LogP contribution is 2.29. The van der Waals surface area contributed by atoms with E-state index in [2.05, 4.69) is 50.6 Å². The van der Waals surface area contributed by atoms with Crippen LogP contribution in [0.5, 0.6) is 0 Å². The van der Waals surface area contributed by atoms with E-state index < -0.39 is 0 Å². The van der Waals surface area contributed by atoms with Gasteiger partial charge in [-0.1, -0.05) is 13.8 Å². The highest BCUT2D eigenvalue weighted by molar-refractivity contribution is 5.80. The minimum atomic E-state index is 0.212. The van der Waals surface area contributed by atoms with Crippen LogP contribution in [0.15, 0.2) is 18.3 Å². The summed E-state index contributed by atoms with van der Waals surface area (Å²) in [4.78, 5) is 14.6. The van der Waals surface area contributed by atoms with E-state index in [1.54, 1.807) is 7.11 Å². The highest BCUT2D eigenvalue weighted by Gasteiger charge is 2.18. The van der Waals surface area contributed by atoms with Gasteiger partial charge >= 0.3 is 0 Å². The van der Waals surface area contributed by atoms with E-state index in [9.17, 15) is 0 Å². The van der Waals surface area contributed by atoms with Crippen LogP contribution in [0.25, 0.3) is 22.4 Å². The molecule has 0 aliphatic heterocycles. The van der Waals surface area contributed by atoms with Gasteiger partial charge in [0.05, 0.1) is 24.0 Å². The van der Waals surface area contributed by atoms with E-state index in [0.29, 0.717) is 12.5 Å². The number of aromatic nitrogens is 4. The van der Waals surface area contributed by atoms with Gasteiger partial charge in [-0.3, -0.25) is 4.98 Å². The first-order valence-electron chi connectivity index (χ1n) is 9.16. The SMILES string of the molecule is COCC(C)n1cc(C)c2nc(-c3ccc(C(C)C)nc3C)c(C)nc21. The standard InChI is InChI=1S/C21H28N4O/c1-12(2)18-9-8-17(15(5)22-18)20-16(6)23-21-19(24-20)13(3)10-25(21)14(4)11-26-7/h8-10,12,14H,11H2,1-7H3. The van der Waals surface area contributed by atoms with Crippen molar-refractivity contribution in [2.75, 3.05) is 13.7 Å². The summed E-state index contributed by atoms with van der Waals surface area (Å²) in [6, 6.07) is 4.43. The average Bonchev–Trinajstić information content (AvgIpc) is 2.90. The van der Waals surface area contributed by atoms with E-state index in [1.165, 1.54) is 0 Å². The van der Waals surface area contributed by atoms with Gasteiger partial charge in [-0.2, -0.15) is 0 Å². The fourth-order valence-corrected chi connectivity index (χ4v) is 3.35. The monoisotopic (exact) mass is 352 g/mol. The van der Waals surface area contributed by atoms with Gasteiger partial charge in [0.2, 0.25) is 0 Å². The molecule has 26 heavy (non-hydrogen) atoms. The third-order valence-corrected chi connectivity index (χ3v) is 4.84. The average molecular weight is 352 g/mol. The summed E-state index contributed by atoms with van der Waals surface area (Å²) < 4.78 is 7.47. The predicted molar refractivity (Wildman–Crippen MR) is 106 cm³/mol. The molecule has 0 bridgehead atoms. The van der Waals surface area contributed by atoms with Crippen molar-refractivity contribution in [3.05, 3.63) is 41.0 Å². The Hall–Kier alpha value is -2.27. The lowest BCUT2D eigenvalue weighted by atomic mass is 10.0. The summed E-state index contributed by atoms with van der Waals surface area (Å²) in [6.45, 7) is 13.2. The number of fused-ring (bicyclic) bond motifs is 1. The molecule has 3 aromatic rings. The minimum absolute atomic E-state index is 0.212. The molecule has 3 heterocycles. The first-order valence-corrected chi connectivity index (χ1v) is 9.16. The number of rotatable bonds is 5. The molecule has 3 aromatic heterocycles. The second kappa shape index (κ2) is 7.16. The van der Waals surface area contributed by atoms with Gasteiger partial charge < -0.3 is 9.30 Å². The van der Waals surface area contributed by atoms with Gasteiger partial charge in [0.25, 0.3) is 0 Å². The normalized spacial score (nSPS) is 12.9. The largest absolute Gasteiger partial charge is 0.383 e. The molecule has 138 valence electrons. The van der Waals surface area contributed by atoms with Gasteiger partial charge in [-0.05, 0) is 51.3 Å². The fourth-order valence-electron chi connectivity index (χ4n) is 3.35. The Morgan fingerprint density at radius 1 is 1.00 bits per heavy atom. The van der Waals surface area contributed by atoms with Crippen LogP contribution in [-0.4, -0.2) is 33.2 Å². The Labute approximate surface area is 155 Å². The quantitative estimate of drug-likeness (QED) is 0.665. The van der Waals surface area contributed by atoms with Gasteiger partial charge in [0.1, 0.15) is 5.52 Å². The van der Waals surface area contributed by atoms with Crippen LogP contribution in [0.3, 0.4) is 0 Å². The summed E-state index contributed by atoms with van der Waals surface area (Å²) in [5.41, 5.74) is 7.98. The van der Waals surface area contributed by atoms with Crippen LogP contribution in [0.2, 0.25) is 0 Å². The molecule has 0 saturated heterocycles. The van der Waals surface area contributed by atoms with Crippen molar-refractivity contribution in [1.82, 2.24) is 19.5 Å². The van der Waals surface area contributed by atoms with Crippen molar-refractivity contribution in [2.24, 2.45) is 0 Å². The number of hydrogen-bond donors (Lipinski definition) is 0. The van der Waals surface area contributed by atoms with E-state index in [-0.39, 0.29) is 6.04 Å². The number of aryl methyl sites for hydroxylation is 3. The molecule has 0 aromatic carbocycles. The molecular weight excluding hydrogens is 324 g/mol. The highest BCUT2D eigenvalue weighted by atomic mass is 16.5. The minimum Gasteiger partial charge on any atom is -0.383 e. The molecular formula is C21H28N4O. The Balaban J connectivity index is 2.14. The summed E-state index contributed by atoms with van der Waals surface area (Å²) in [7, 11) is 1.72. The van der Waals surface area contributed by atoms with Gasteiger partial charge in [-0.15, -0.1) is 0 Å². The molecule has 0 fully saturated rings. The Bertz CT molecular complexity index is 943. The first kappa shape index (κ1) is 18.5. The number of ether oxygens (including phenoxy) is 1. The van der Waals surface area contributed by atoms with Crippen LogP contribution in [0, 0.1) is 20.8 Å². The Morgan fingerprint density at radius 2 is 1.73 bits per heavy atom. The number of methoxy groups -OCH3 is 1. The van der Waals surface area contributed by atoms with E-state index in [1.807, 2.05) is 13.8 Å². The lowest BCUT2D eigenvalue weighted by Gasteiger charge is -2.15. The summed E-state index contributed by atoms with van der Waals surface area (Å²) >= 11 is 0. The maximum absolute atomic E-state index is 5.31. The predicted octanol–water partition coefficient (Wildman–Crippen LogP) is 4.75. The molecule has 0 aliphatic rings. The van der Waals surface area contributed by atoms with Crippen molar-refractivity contribution >= 4 is 11.2 Å². The molecule has 5 nitrogen and oxygen atoms in total.